The van der Waals surface area contributed by atoms with E-state index in [1.807, 2.05) is 48.5 Å². The molecule has 0 unspecified atom stereocenters. The molecule has 7 heteroatoms. The Morgan fingerprint density at radius 1 is 1.03 bits per heavy atom. The molecular weight excluding hydrogens is 475 g/mol. The topological polar surface area (TPSA) is 67.4 Å². The van der Waals surface area contributed by atoms with E-state index in [-0.39, 0.29) is 5.91 Å². The lowest BCUT2D eigenvalue weighted by Gasteiger charge is -2.35. The zero-order chi connectivity index (χ0) is 22.5. The van der Waals surface area contributed by atoms with Gasteiger partial charge < -0.3 is 10.1 Å². The van der Waals surface area contributed by atoms with Gasteiger partial charge in [0.05, 0.1) is 13.2 Å². The van der Waals surface area contributed by atoms with Gasteiger partial charge in [-0.2, -0.15) is 0 Å². The van der Waals surface area contributed by atoms with E-state index in [9.17, 15) is 9.59 Å². The lowest BCUT2D eigenvalue weighted by atomic mass is 9.63. The molecule has 3 aromatic rings. The number of esters is 1. The van der Waals surface area contributed by atoms with Crippen LogP contribution in [0.25, 0.3) is 0 Å². The van der Waals surface area contributed by atoms with Crippen LogP contribution in [0.2, 0.25) is 0 Å². The summed E-state index contributed by atoms with van der Waals surface area (Å²) in [7, 11) is 1.30. The highest BCUT2D eigenvalue weighted by Crippen LogP contribution is 2.59. The number of fused-ring (bicyclic) bond motifs is 2. The number of para-hydroxylation sites is 1. The van der Waals surface area contributed by atoms with E-state index >= 15 is 4.39 Å². The van der Waals surface area contributed by atoms with Crippen molar-refractivity contribution >= 4 is 33.5 Å². The fraction of sp³-hybridized carbons (Fsp3) is 0.200. The first-order chi connectivity index (χ1) is 15.5. The van der Waals surface area contributed by atoms with Gasteiger partial charge in [0.15, 0.2) is 0 Å². The van der Waals surface area contributed by atoms with Crippen molar-refractivity contribution in [2.75, 3.05) is 12.4 Å². The summed E-state index contributed by atoms with van der Waals surface area (Å²) in [6.45, 7) is 0. The number of nitrogens with one attached hydrogen (secondary N) is 2. The second-order valence-electron chi connectivity index (χ2n) is 8.02. The quantitative estimate of drug-likeness (QED) is 0.528. The molecule has 32 heavy (non-hydrogen) atoms. The lowest BCUT2D eigenvalue weighted by Crippen LogP contribution is -2.44. The first-order valence-corrected chi connectivity index (χ1v) is 11.0. The minimum Gasteiger partial charge on any atom is -0.468 e. The predicted octanol–water partition coefficient (Wildman–Crippen LogP) is 4.45. The Kier molecular flexibility index (Phi) is 5.10. The minimum atomic E-state index is -1.26. The molecule has 0 radical (unpaired) electrons. The van der Waals surface area contributed by atoms with Crippen molar-refractivity contribution in [3.8, 4) is 0 Å². The number of hydrogen-bond acceptors (Lipinski definition) is 4. The normalized spacial score (nSPS) is 26.1. The summed E-state index contributed by atoms with van der Waals surface area (Å²) in [4.78, 5) is 26.8. The molecule has 1 fully saturated rings. The number of carbonyl (C=O) groups is 2. The van der Waals surface area contributed by atoms with Gasteiger partial charge in [-0.25, -0.2) is 4.39 Å². The average molecular weight is 495 g/mol. The third-order valence-corrected chi connectivity index (χ3v) is 7.05. The molecule has 0 aromatic heterocycles. The van der Waals surface area contributed by atoms with Gasteiger partial charge >= 0.3 is 5.97 Å². The van der Waals surface area contributed by atoms with E-state index in [4.69, 9.17) is 4.74 Å². The van der Waals surface area contributed by atoms with E-state index in [1.54, 1.807) is 18.2 Å². The molecule has 5 nitrogen and oxygen atoms in total. The van der Waals surface area contributed by atoms with Crippen LogP contribution in [0.5, 0.6) is 0 Å². The summed E-state index contributed by atoms with van der Waals surface area (Å²) >= 11 is 3.45. The molecular formula is C25H20BrFN2O3. The van der Waals surface area contributed by atoms with E-state index in [0.29, 0.717) is 11.3 Å². The summed E-state index contributed by atoms with van der Waals surface area (Å²) in [6.07, 6.45) is 0. The Labute approximate surface area is 193 Å². The maximum Gasteiger partial charge on any atom is 0.323 e. The van der Waals surface area contributed by atoms with E-state index in [2.05, 4.69) is 26.6 Å². The summed E-state index contributed by atoms with van der Waals surface area (Å²) in [5, 5.41) is 6.32. The van der Waals surface area contributed by atoms with Gasteiger partial charge in [-0.05, 0) is 41.0 Å². The average Bonchev–Trinajstić information content (AvgIpc) is 3.30. The van der Waals surface area contributed by atoms with Crippen molar-refractivity contribution in [2.45, 2.75) is 23.4 Å². The van der Waals surface area contributed by atoms with Crippen molar-refractivity contribution in [1.82, 2.24) is 5.32 Å². The summed E-state index contributed by atoms with van der Waals surface area (Å²) in [5.41, 5.74) is 1.24. The van der Waals surface area contributed by atoms with Gasteiger partial charge in [-0.3, -0.25) is 14.9 Å². The van der Waals surface area contributed by atoms with Crippen LogP contribution in [0.3, 0.4) is 0 Å². The molecule has 0 aliphatic carbocycles. The van der Waals surface area contributed by atoms with Crippen LogP contribution in [0.1, 0.15) is 28.7 Å². The number of halogens is 2. The first kappa shape index (κ1) is 20.8. The summed E-state index contributed by atoms with van der Waals surface area (Å²) in [5.74, 6) is -2.12. The molecule has 3 aromatic carbocycles. The molecule has 162 valence electrons. The van der Waals surface area contributed by atoms with E-state index in [1.165, 1.54) is 13.2 Å². The Balaban J connectivity index is 1.83. The summed E-state index contributed by atoms with van der Waals surface area (Å²) < 4.78 is 21.2. The number of anilines is 1. The largest absolute Gasteiger partial charge is 0.468 e. The molecule has 2 N–H and O–H groups in total. The van der Waals surface area contributed by atoms with Crippen molar-refractivity contribution in [2.24, 2.45) is 0 Å². The van der Waals surface area contributed by atoms with Crippen molar-refractivity contribution in [3.05, 3.63) is 99.8 Å². The van der Waals surface area contributed by atoms with Gasteiger partial charge in [-0.1, -0.05) is 64.5 Å². The molecule has 4 atom stereocenters. The summed E-state index contributed by atoms with van der Waals surface area (Å²) in [6, 6.07) is 19.7. The SMILES string of the molecule is COC(=O)[C@@H]1N[C@H](c2ccc(Br)cc2)[C@]2(C(=O)Nc3ccccc32)[C@H]1c1ccccc1F. The van der Waals surface area contributed by atoms with E-state index < -0.39 is 35.2 Å². The second-order valence-corrected chi connectivity index (χ2v) is 8.94. The van der Waals surface area contributed by atoms with Crippen LogP contribution < -0.4 is 10.6 Å². The van der Waals surface area contributed by atoms with Crippen LogP contribution in [-0.2, 0) is 19.7 Å². The standard InChI is InChI=1S/C25H20BrFN2O3/c1-32-23(30)21-20(16-6-2-4-8-18(16)27)25(17-7-3-5-9-19(17)28-24(25)31)22(29-21)14-10-12-15(26)13-11-14/h2-13,20-22,29H,1H3,(H,28,31)/t20-,21+,22+,25+/m0/s1. The number of carbonyl (C=O) groups excluding carboxylic acids is 2. The van der Waals surface area contributed by atoms with Crippen LogP contribution in [-0.4, -0.2) is 25.0 Å². The highest BCUT2D eigenvalue weighted by molar-refractivity contribution is 9.10. The molecule has 2 aliphatic rings. The maximum atomic E-state index is 15.2. The fourth-order valence-corrected chi connectivity index (χ4v) is 5.51. The molecule has 2 aliphatic heterocycles. The third-order valence-electron chi connectivity index (χ3n) is 6.52. The first-order valence-electron chi connectivity index (χ1n) is 10.2. The third kappa shape index (κ3) is 2.92. The Bertz CT molecular complexity index is 1220. The number of rotatable bonds is 3. The van der Waals surface area contributed by atoms with Crippen LogP contribution in [0, 0.1) is 5.82 Å². The zero-order valence-corrected chi connectivity index (χ0v) is 18.7. The molecule has 0 saturated carbocycles. The van der Waals surface area contributed by atoms with Gasteiger partial charge in [0, 0.05) is 16.1 Å². The highest BCUT2D eigenvalue weighted by atomic mass is 79.9. The van der Waals surface area contributed by atoms with Crippen molar-refractivity contribution in [3.63, 3.8) is 0 Å². The van der Waals surface area contributed by atoms with Gasteiger partial charge in [0.1, 0.15) is 17.3 Å². The molecule has 5 rings (SSSR count). The van der Waals surface area contributed by atoms with Crippen LogP contribution in [0.4, 0.5) is 10.1 Å². The fourth-order valence-electron chi connectivity index (χ4n) is 5.24. The Morgan fingerprint density at radius 3 is 2.44 bits per heavy atom. The number of benzene rings is 3. The zero-order valence-electron chi connectivity index (χ0n) is 17.1. The molecule has 0 bridgehead atoms. The maximum absolute atomic E-state index is 15.2. The van der Waals surface area contributed by atoms with Gasteiger partial charge in [-0.15, -0.1) is 0 Å². The van der Waals surface area contributed by atoms with Gasteiger partial charge in [0.2, 0.25) is 5.91 Å². The lowest BCUT2D eigenvalue weighted by molar-refractivity contribution is -0.143. The Hall–Kier alpha value is -3.03. The van der Waals surface area contributed by atoms with Crippen molar-refractivity contribution in [1.29, 1.82) is 0 Å². The van der Waals surface area contributed by atoms with Crippen molar-refractivity contribution < 1.29 is 18.7 Å². The molecule has 1 amide bonds. The minimum absolute atomic E-state index is 0.279. The second kappa shape index (κ2) is 7.83. The number of amides is 1. The van der Waals surface area contributed by atoms with Crippen LogP contribution >= 0.6 is 15.9 Å². The Morgan fingerprint density at radius 2 is 1.72 bits per heavy atom. The number of hydrogen-bond donors (Lipinski definition) is 2. The van der Waals surface area contributed by atoms with Crippen LogP contribution in [0.15, 0.2) is 77.3 Å². The monoisotopic (exact) mass is 494 g/mol. The predicted molar refractivity (Wildman–Crippen MR) is 122 cm³/mol. The number of methoxy groups -OCH3 is 1. The molecule has 2 heterocycles. The van der Waals surface area contributed by atoms with Gasteiger partial charge in [0.25, 0.3) is 0 Å². The molecule has 1 spiro atoms. The smallest absolute Gasteiger partial charge is 0.323 e. The molecule has 1 saturated heterocycles. The highest BCUT2D eigenvalue weighted by Gasteiger charge is 2.66. The number of ether oxygens (including phenoxy) is 1. The van der Waals surface area contributed by atoms with E-state index in [0.717, 1.165) is 15.6 Å².